The maximum atomic E-state index is 13.4. The number of thioether (sulfide) groups is 1. The van der Waals surface area contributed by atoms with Gasteiger partial charge >= 0.3 is 0 Å². The van der Waals surface area contributed by atoms with E-state index >= 15 is 0 Å². The third-order valence-electron chi connectivity index (χ3n) is 5.05. The van der Waals surface area contributed by atoms with Gasteiger partial charge in [-0.3, -0.25) is 18.6 Å². The zero-order valence-corrected chi connectivity index (χ0v) is 19.6. The first kappa shape index (κ1) is 20.9. The van der Waals surface area contributed by atoms with Crippen LogP contribution < -0.4 is 11.1 Å². The standard InChI is InChI=1S/C23H18N4O2S3/c1-3-8-27-22(29)19-16(17-7-5-10-30-17)13-31-21(19)25-23(27)32-12-15-11-18(28)26-9-4-6-14(2)20(26)24-15/h3-7,9-11,13H,1,8,12H2,2H3. The van der Waals surface area contributed by atoms with Gasteiger partial charge in [0, 0.05) is 40.4 Å². The summed E-state index contributed by atoms with van der Waals surface area (Å²) in [6.07, 6.45) is 3.41. The minimum absolute atomic E-state index is 0.0792. The minimum atomic E-state index is -0.125. The highest BCUT2D eigenvalue weighted by Crippen LogP contribution is 2.34. The first-order chi connectivity index (χ1) is 15.6. The first-order valence-corrected chi connectivity index (χ1v) is 12.6. The molecule has 0 aliphatic rings. The molecule has 0 N–H and O–H groups in total. The number of nitrogens with zero attached hydrogens (tertiary/aromatic N) is 4. The molecule has 6 nitrogen and oxygen atoms in total. The molecule has 0 spiro atoms. The van der Waals surface area contributed by atoms with Crippen molar-refractivity contribution < 1.29 is 0 Å². The number of aromatic nitrogens is 4. The number of rotatable bonds is 6. The molecule has 0 aromatic carbocycles. The van der Waals surface area contributed by atoms with Gasteiger partial charge in [-0.05, 0) is 30.0 Å². The Balaban J connectivity index is 1.56. The van der Waals surface area contributed by atoms with E-state index in [9.17, 15) is 9.59 Å². The van der Waals surface area contributed by atoms with Crippen molar-refractivity contribution in [1.82, 2.24) is 18.9 Å². The molecule has 9 heteroatoms. The molecule has 32 heavy (non-hydrogen) atoms. The van der Waals surface area contributed by atoms with Crippen molar-refractivity contribution in [2.24, 2.45) is 0 Å². The van der Waals surface area contributed by atoms with E-state index in [1.165, 1.54) is 29.2 Å². The maximum absolute atomic E-state index is 13.4. The van der Waals surface area contributed by atoms with Crippen LogP contribution >= 0.6 is 34.4 Å². The normalized spacial score (nSPS) is 11.4. The molecule has 5 rings (SSSR count). The second-order valence-corrected chi connectivity index (χ2v) is 9.91. The topological polar surface area (TPSA) is 69.3 Å². The third kappa shape index (κ3) is 3.62. The first-order valence-electron chi connectivity index (χ1n) is 9.84. The largest absolute Gasteiger partial charge is 0.283 e. The molecule has 0 bridgehead atoms. The summed E-state index contributed by atoms with van der Waals surface area (Å²) in [6.45, 7) is 6.09. The number of hydrogen-bond donors (Lipinski definition) is 0. The van der Waals surface area contributed by atoms with Crippen molar-refractivity contribution in [3.8, 4) is 10.4 Å². The van der Waals surface area contributed by atoms with E-state index in [2.05, 4.69) is 11.6 Å². The van der Waals surface area contributed by atoms with Gasteiger partial charge in [-0.2, -0.15) is 0 Å². The van der Waals surface area contributed by atoms with E-state index in [4.69, 9.17) is 4.98 Å². The Morgan fingerprint density at radius 3 is 2.84 bits per heavy atom. The molecule has 0 radical (unpaired) electrons. The smallest absolute Gasteiger partial charge is 0.263 e. The van der Waals surface area contributed by atoms with Crippen LogP contribution in [-0.2, 0) is 12.3 Å². The van der Waals surface area contributed by atoms with Gasteiger partial charge in [-0.25, -0.2) is 9.97 Å². The third-order valence-corrected chi connectivity index (χ3v) is 7.83. The summed E-state index contributed by atoms with van der Waals surface area (Å²) >= 11 is 4.48. The number of pyridine rings is 1. The lowest BCUT2D eigenvalue weighted by atomic mass is 10.2. The van der Waals surface area contributed by atoms with Crippen molar-refractivity contribution in [1.29, 1.82) is 0 Å². The van der Waals surface area contributed by atoms with Crippen molar-refractivity contribution in [3.05, 3.63) is 91.9 Å². The second-order valence-electron chi connectivity index (χ2n) is 7.16. The Hall–Kier alpha value is -3.01. The zero-order valence-electron chi connectivity index (χ0n) is 17.1. The van der Waals surface area contributed by atoms with Gasteiger partial charge in [-0.15, -0.1) is 29.3 Å². The van der Waals surface area contributed by atoms with Crippen LogP contribution in [0.2, 0.25) is 0 Å². The van der Waals surface area contributed by atoms with Gasteiger partial charge in [0.25, 0.3) is 11.1 Å². The summed E-state index contributed by atoms with van der Waals surface area (Å²) < 4.78 is 3.18. The van der Waals surface area contributed by atoms with E-state index in [0.29, 0.717) is 39.0 Å². The summed E-state index contributed by atoms with van der Waals surface area (Å²) in [7, 11) is 0. The molecule has 5 aromatic rings. The van der Waals surface area contributed by atoms with Crippen molar-refractivity contribution >= 4 is 50.3 Å². The van der Waals surface area contributed by atoms with E-state index in [1.807, 2.05) is 41.9 Å². The predicted octanol–water partition coefficient (Wildman–Crippen LogP) is 4.98. The van der Waals surface area contributed by atoms with Crippen LogP contribution in [0.15, 0.2) is 74.7 Å². The summed E-state index contributed by atoms with van der Waals surface area (Å²) in [6, 6.07) is 9.28. The van der Waals surface area contributed by atoms with Gasteiger partial charge < -0.3 is 0 Å². The van der Waals surface area contributed by atoms with E-state index in [0.717, 1.165) is 16.0 Å². The number of thiophene rings is 2. The molecular formula is C23H18N4O2S3. The van der Waals surface area contributed by atoms with Gasteiger partial charge in [0.05, 0.1) is 11.1 Å². The molecule has 160 valence electrons. The SMILES string of the molecule is C=CCn1c(SCc2cc(=O)n3cccc(C)c3n2)nc2scc(-c3cccs3)c2c1=O. The van der Waals surface area contributed by atoms with Crippen LogP contribution in [0.4, 0.5) is 0 Å². The molecule has 0 amide bonds. The van der Waals surface area contributed by atoms with Crippen LogP contribution in [0.1, 0.15) is 11.3 Å². The maximum Gasteiger partial charge on any atom is 0.263 e. The fourth-order valence-electron chi connectivity index (χ4n) is 3.54. The molecule has 0 unspecified atom stereocenters. The molecular weight excluding hydrogens is 460 g/mol. The summed E-state index contributed by atoms with van der Waals surface area (Å²) in [5.74, 6) is 0.429. The molecule has 5 aromatic heterocycles. The number of hydrogen-bond acceptors (Lipinski definition) is 7. The molecule has 0 aliphatic carbocycles. The minimum Gasteiger partial charge on any atom is -0.283 e. The number of aryl methyl sites for hydroxylation is 1. The second kappa shape index (κ2) is 8.50. The van der Waals surface area contributed by atoms with Crippen LogP contribution in [0.5, 0.6) is 0 Å². The van der Waals surface area contributed by atoms with Crippen molar-refractivity contribution in [3.63, 3.8) is 0 Å². The van der Waals surface area contributed by atoms with E-state index in [-0.39, 0.29) is 11.1 Å². The van der Waals surface area contributed by atoms with Gasteiger partial charge in [0.15, 0.2) is 5.16 Å². The Kier molecular flexibility index (Phi) is 5.54. The molecule has 0 aliphatic heterocycles. The average molecular weight is 479 g/mol. The van der Waals surface area contributed by atoms with Crippen LogP contribution in [0.3, 0.4) is 0 Å². The Bertz CT molecular complexity index is 1580. The lowest BCUT2D eigenvalue weighted by Gasteiger charge is -2.11. The monoisotopic (exact) mass is 478 g/mol. The van der Waals surface area contributed by atoms with Gasteiger partial charge in [0.2, 0.25) is 0 Å². The highest BCUT2D eigenvalue weighted by atomic mass is 32.2. The molecule has 5 heterocycles. The fraction of sp³-hybridized carbons (Fsp3) is 0.130. The summed E-state index contributed by atoms with van der Waals surface area (Å²) in [5.41, 5.74) is 2.94. The zero-order chi connectivity index (χ0) is 22.2. The van der Waals surface area contributed by atoms with Gasteiger partial charge in [-0.1, -0.05) is 30.0 Å². The molecule has 0 saturated carbocycles. The Morgan fingerprint density at radius 2 is 2.06 bits per heavy atom. The highest BCUT2D eigenvalue weighted by Gasteiger charge is 2.18. The predicted molar refractivity (Wildman–Crippen MR) is 133 cm³/mol. The van der Waals surface area contributed by atoms with Crippen LogP contribution in [0.25, 0.3) is 26.3 Å². The van der Waals surface area contributed by atoms with E-state index < -0.39 is 0 Å². The quantitative estimate of drug-likeness (QED) is 0.196. The highest BCUT2D eigenvalue weighted by molar-refractivity contribution is 7.98. The molecule has 0 atom stereocenters. The Labute approximate surface area is 195 Å². The summed E-state index contributed by atoms with van der Waals surface area (Å²) in [5, 5.41) is 5.22. The van der Waals surface area contributed by atoms with E-state index in [1.54, 1.807) is 32.6 Å². The fourth-order valence-corrected chi connectivity index (χ4v) is 6.24. The average Bonchev–Trinajstić information content (AvgIpc) is 3.45. The lowest BCUT2D eigenvalue weighted by Crippen LogP contribution is -2.22. The molecule has 0 fully saturated rings. The number of allylic oxidation sites excluding steroid dienone is 1. The van der Waals surface area contributed by atoms with Crippen molar-refractivity contribution in [2.75, 3.05) is 0 Å². The van der Waals surface area contributed by atoms with Gasteiger partial charge in [0.1, 0.15) is 10.5 Å². The lowest BCUT2D eigenvalue weighted by molar-refractivity contribution is 0.673. The molecule has 0 saturated heterocycles. The van der Waals surface area contributed by atoms with Crippen LogP contribution in [-0.4, -0.2) is 18.9 Å². The Morgan fingerprint density at radius 1 is 1.19 bits per heavy atom. The number of fused-ring (bicyclic) bond motifs is 2. The van der Waals surface area contributed by atoms with Crippen molar-refractivity contribution in [2.45, 2.75) is 24.4 Å². The van der Waals surface area contributed by atoms with Crippen LogP contribution in [0, 0.1) is 6.92 Å². The summed E-state index contributed by atoms with van der Waals surface area (Å²) in [4.78, 5) is 37.1.